The first-order valence-corrected chi connectivity index (χ1v) is 12.0. The highest BCUT2D eigenvalue weighted by Gasteiger charge is 2.33. The molecule has 1 aliphatic rings. The van der Waals surface area contributed by atoms with E-state index in [-0.39, 0.29) is 34.2 Å². The predicted molar refractivity (Wildman–Crippen MR) is 132 cm³/mol. The van der Waals surface area contributed by atoms with Crippen molar-refractivity contribution in [3.63, 3.8) is 0 Å². The van der Waals surface area contributed by atoms with Crippen LogP contribution >= 0.6 is 11.6 Å². The van der Waals surface area contributed by atoms with E-state index >= 15 is 0 Å². The number of halogens is 4. The Kier molecular flexibility index (Phi) is 7.69. The Morgan fingerprint density at radius 2 is 1.83 bits per heavy atom. The first kappa shape index (κ1) is 25.8. The van der Waals surface area contributed by atoms with E-state index in [1.54, 1.807) is 24.3 Å². The van der Waals surface area contributed by atoms with Crippen LogP contribution in [0.4, 0.5) is 13.2 Å². The molecule has 36 heavy (non-hydrogen) atoms. The number of carbonyl (C=O) groups is 1. The second-order valence-corrected chi connectivity index (χ2v) is 9.57. The van der Waals surface area contributed by atoms with Crippen LogP contribution in [0.5, 0.6) is 0 Å². The SMILES string of the molecule is C=C(O)c1ccc(CC(=O)[C@H](CC2CCC2)c2ccc(-c3c(C(F)F)ccc(Cl)c3F)c[n+]2[O-])cc1. The summed E-state index contributed by atoms with van der Waals surface area (Å²) in [6, 6.07) is 11.6. The van der Waals surface area contributed by atoms with Crippen molar-refractivity contribution < 1.29 is 27.8 Å². The molecule has 1 atom stereocenters. The zero-order chi connectivity index (χ0) is 26.0. The van der Waals surface area contributed by atoms with Gasteiger partial charge in [0.05, 0.1) is 10.6 Å². The lowest BCUT2D eigenvalue weighted by molar-refractivity contribution is -0.614. The minimum atomic E-state index is -2.96. The van der Waals surface area contributed by atoms with Crippen molar-refractivity contribution in [1.82, 2.24) is 0 Å². The fourth-order valence-corrected chi connectivity index (χ4v) is 4.73. The van der Waals surface area contributed by atoms with E-state index in [1.165, 1.54) is 12.1 Å². The molecule has 1 aliphatic carbocycles. The summed E-state index contributed by atoms with van der Waals surface area (Å²) in [5.74, 6) is -1.65. The Hall–Kier alpha value is -3.32. The molecule has 4 nitrogen and oxygen atoms in total. The first-order chi connectivity index (χ1) is 17.2. The molecule has 4 rings (SSSR count). The number of aromatic nitrogens is 1. The fourth-order valence-electron chi connectivity index (χ4n) is 4.57. The lowest BCUT2D eigenvalue weighted by Crippen LogP contribution is -2.37. The van der Waals surface area contributed by atoms with Crippen LogP contribution in [0.3, 0.4) is 0 Å². The Balaban J connectivity index is 1.66. The van der Waals surface area contributed by atoms with Gasteiger partial charge in [-0.2, -0.15) is 4.73 Å². The number of benzene rings is 2. The molecule has 0 saturated heterocycles. The van der Waals surface area contributed by atoms with Gasteiger partial charge in [-0.3, -0.25) is 4.79 Å². The summed E-state index contributed by atoms with van der Waals surface area (Å²) in [7, 11) is 0. The molecule has 1 fully saturated rings. The van der Waals surface area contributed by atoms with Crippen molar-refractivity contribution in [2.45, 2.75) is 44.4 Å². The van der Waals surface area contributed by atoms with Crippen molar-refractivity contribution in [2.75, 3.05) is 0 Å². The zero-order valence-corrected chi connectivity index (χ0v) is 20.1. The van der Waals surface area contributed by atoms with Crippen molar-refractivity contribution in [3.05, 3.63) is 99.7 Å². The number of hydrogen-bond acceptors (Lipinski definition) is 3. The molecule has 0 radical (unpaired) electrons. The number of carbonyl (C=O) groups excluding carboxylic acids is 1. The van der Waals surface area contributed by atoms with Gasteiger partial charge in [0.1, 0.15) is 17.5 Å². The Morgan fingerprint density at radius 1 is 1.14 bits per heavy atom. The molecule has 0 amide bonds. The van der Waals surface area contributed by atoms with E-state index in [1.807, 2.05) is 0 Å². The molecule has 8 heteroatoms. The van der Waals surface area contributed by atoms with Crippen LogP contribution in [0, 0.1) is 16.9 Å². The number of nitrogens with zero attached hydrogens (tertiary/aromatic N) is 1. The Bertz CT molecular complexity index is 1290. The Morgan fingerprint density at radius 3 is 2.39 bits per heavy atom. The van der Waals surface area contributed by atoms with Gasteiger partial charge in [-0.25, -0.2) is 13.2 Å². The van der Waals surface area contributed by atoms with Gasteiger partial charge in [-0.15, -0.1) is 0 Å². The molecular formula is C28H25ClF3NO3. The van der Waals surface area contributed by atoms with Crippen molar-refractivity contribution >= 4 is 23.1 Å². The van der Waals surface area contributed by atoms with Crippen LogP contribution in [-0.4, -0.2) is 10.9 Å². The molecular weight excluding hydrogens is 491 g/mol. The number of rotatable bonds is 9. The van der Waals surface area contributed by atoms with Crippen LogP contribution in [0.15, 0.2) is 61.3 Å². The van der Waals surface area contributed by atoms with Gasteiger partial charge in [0, 0.05) is 29.2 Å². The monoisotopic (exact) mass is 515 g/mol. The topological polar surface area (TPSA) is 64.2 Å². The summed E-state index contributed by atoms with van der Waals surface area (Å²) in [5, 5.41) is 22.3. The van der Waals surface area contributed by atoms with Gasteiger partial charge in [-0.1, -0.05) is 67.8 Å². The summed E-state index contributed by atoms with van der Waals surface area (Å²) in [6.45, 7) is 3.47. The van der Waals surface area contributed by atoms with Crippen LogP contribution in [0.1, 0.15) is 60.4 Å². The third-order valence-electron chi connectivity index (χ3n) is 6.80. The number of aliphatic hydroxyl groups excluding tert-OH is 1. The van der Waals surface area contributed by atoms with Gasteiger partial charge in [0.25, 0.3) is 6.43 Å². The largest absolute Gasteiger partial charge is 0.618 e. The molecule has 1 saturated carbocycles. The van der Waals surface area contributed by atoms with E-state index in [2.05, 4.69) is 6.58 Å². The highest BCUT2D eigenvalue weighted by Crippen LogP contribution is 2.38. The average Bonchev–Trinajstić information content (AvgIpc) is 2.80. The van der Waals surface area contributed by atoms with E-state index in [4.69, 9.17) is 11.6 Å². The number of Topliss-reactive ketones (excluding diaryl/α,β-unsaturated/α-hetero) is 1. The number of aliphatic hydroxyl groups is 1. The van der Waals surface area contributed by atoms with E-state index in [0.717, 1.165) is 43.2 Å². The summed E-state index contributed by atoms with van der Waals surface area (Å²) < 4.78 is 42.3. The molecule has 1 aromatic heterocycles. The minimum Gasteiger partial charge on any atom is -0.618 e. The second-order valence-electron chi connectivity index (χ2n) is 9.17. The smallest absolute Gasteiger partial charge is 0.264 e. The molecule has 2 aromatic carbocycles. The van der Waals surface area contributed by atoms with E-state index < -0.39 is 29.3 Å². The quantitative estimate of drug-likeness (QED) is 0.184. The standard InChI is InChI=1S/C28H25ClF3NO3/c1-16(34)19-7-5-18(6-8-19)14-25(35)22(13-17-3-2-4-17)24-12-9-20(15-33(24)36)26-21(28(31)32)10-11-23(29)27(26)30/h5-12,15,17,22,28,34H,1-4,13-14H2/t22-/m1/s1. The summed E-state index contributed by atoms with van der Waals surface area (Å²) in [6.07, 6.45) is 1.65. The lowest BCUT2D eigenvalue weighted by Gasteiger charge is -2.28. The highest BCUT2D eigenvalue weighted by atomic mass is 35.5. The fraction of sp³-hybridized carbons (Fsp3) is 0.286. The molecule has 1 heterocycles. The first-order valence-electron chi connectivity index (χ1n) is 11.6. The number of ketones is 1. The average molecular weight is 516 g/mol. The maximum Gasteiger partial charge on any atom is 0.264 e. The van der Waals surface area contributed by atoms with Crippen LogP contribution in [0.25, 0.3) is 16.9 Å². The zero-order valence-electron chi connectivity index (χ0n) is 19.4. The van der Waals surface area contributed by atoms with E-state index in [9.17, 15) is 28.3 Å². The molecule has 0 unspecified atom stereocenters. The second kappa shape index (κ2) is 10.7. The lowest BCUT2D eigenvalue weighted by atomic mass is 9.76. The van der Waals surface area contributed by atoms with Crippen LogP contribution < -0.4 is 4.73 Å². The molecule has 0 spiro atoms. The van der Waals surface area contributed by atoms with Gasteiger partial charge >= 0.3 is 0 Å². The minimum absolute atomic E-state index is 0.0429. The number of pyridine rings is 1. The van der Waals surface area contributed by atoms with Crippen LogP contribution in [-0.2, 0) is 11.2 Å². The molecule has 3 aromatic rings. The normalized spacial score (nSPS) is 14.5. The van der Waals surface area contributed by atoms with Crippen molar-refractivity contribution in [1.29, 1.82) is 0 Å². The third kappa shape index (κ3) is 5.41. The van der Waals surface area contributed by atoms with Gasteiger partial charge in [-0.05, 0) is 30.0 Å². The number of hydrogen-bond donors (Lipinski definition) is 1. The molecule has 0 aliphatic heterocycles. The highest BCUT2D eigenvalue weighted by molar-refractivity contribution is 6.31. The van der Waals surface area contributed by atoms with Crippen LogP contribution in [0.2, 0.25) is 5.02 Å². The van der Waals surface area contributed by atoms with Crippen molar-refractivity contribution in [3.8, 4) is 11.1 Å². The summed E-state index contributed by atoms with van der Waals surface area (Å²) in [4.78, 5) is 13.4. The van der Waals surface area contributed by atoms with Gasteiger partial charge in [0.15, 0.2) is 12.0 Å². The maximum atomic E-state index is 14.7. The maximum absolute atomic E-state index is 14.7. The summed E-state index contributed by atoms with van der Waals surface area (Å²) >= 11 is 5.82. The van der Waals surface area contributed by atoms with E-state index in [0.29, 0.717) is 22.6 Å². The third-order valence-corrected chi connectivity index (χ3v) is 7.09. The van der Waals surface area contributed by atoms with Gasteiger partial charge in [0.2, 0.25) is 5.69 Å². The predicted octanol–water partition coefficient (Wildman–Crippen LogP) is 7.33. The molecule has 0 bridgehead atoms. The molecule has 188 valence electrons. The number of alkyl halides is 2. The Labute approximate surface area is 212 Å². The molecule has 1 N–H and O–H groups in total. The van der Waals surface area contributed by atoms with Gasteiger partial charge < -0.3 is 10.3 Å². The van der Waals surface area contributed by atoms with Crippen molar-refractivity contribution in [2.24, 2.45) is 5.92 Å². The summed E-state index contributed by atoms with van der Waals surface area (Å²) in [5.41, 5.74) is 0.416.